The quantitative estimate of drug-likeness (QED) is 0.374. The second kappa shape index (κ2) is 10.3. The Kier molecular flexibility index (Phi) is 8.34. The molecule has 1 aromatic carbocycles. The number of nitrogens with zero attached hydrogens (tertiary/aromatic N) is 3. The van der Waals surface area contributed by atoms with Crippen molar-refractivity contribution in [3.8, 4) is 5.75 Å². The molecule has 27 heavy (non-hydrogen) atoms. The molecule has 1 unspecified atom stereocenters. The monoisotopic (exact) mass is 500 g/mol. The average Bonchev–Trinajstić information content (AvgIpc) is 3.32. The minimum atomic E-state index is 0. The lowest BCUT2D eigenvalue weighted by Gasteiger charge is -2.21. The summed E-state index contributed by atoms with van der Waals surface area (Å²) in [6.07, 6.45) is 1.14. The van der Waals surface area contributed by atoms with Crippen LogP contribution in [-0.2, 0) is 6.54 Å². The van der Waals surface area contributed by atoms with E-state index in [1.807, 2.05) is 19.2 Å². The standard InChI is InChI=1S/C20H28N4OS.HI/c1-14(2)19-23-17(13-26-19)11-22-20(21-3)24-10-9-16(12-24)15-5-7-18(25-4)8-6-15;/h5-8,13-14,16H,9-12H2,1-4H3,(H,21,22);1H. The SMILES string of the molecule is CN=C(NCc1csc(C(C)C)n1)N1CCC(c2ccc(OC)cc2)C1.I. The molecule has 1 N–H and O–H groups in total. The number of guanidine groups is 1. The number of nitrogens with one attached hydrogen (secondary N) is 1. The molecule has 1 aliphatic rings. The summed E-state index contributed by atoms with van der Waals surface area (Å²) < 4.78 is 5.25. The number of hydrogen-bond acceptors (Lipinski definition) is 4. The van der Waals surface area contributed by atoms with Crippen LogP contribution in [0.5, 0.6) is 5.75 Å². The van der Waals surface area contributed by atoms with Crippen LogP contribution < -0.4 is 10.1 Å². The number of ether oxygens (including phenoxy) is 1. The predicted molar refractivity (Wildman–Crippen MR) is 124 cm³/mol. The first-order chi connectivity index (χ1) is 12.6. The van der Waals surface area contributed by atoms with Gasteiger partial charge >= 0.3 is 0 Å². The Balaban J connectivity index is 0.00000261. The molecule has 0 aliphatic carbocycles. The van der Waals surface area contributed by atoms with Gasteiger partial charge in [-0.1, -0.05) is 26.0 Å². The Morgan fingerprint density at radius 2 is 2.11 bits per heavy atom. The lowest BCUT2D eigenvalue weighted by Crippen LogP contribution is -2.39. The normalized spacial score (nSPS) is 17.1. The number of aliphatic imine (C=N–C) groups is 1. The van der Waals surface area contributed by atoms with Crippen molar-refractivity contribution in [1.29, 1.82) is 0 Å². The van der Waals surface area contributed by atoms with Gasteiger partial charge in [-0.15, -0.1) is 35.3 Å². The topological polar surface area (TPSA) is 49.8 Å². The van der Waals surface area contributed by atoms with Gasteiger partial charge in [-0.2, -0.15) is 0 Å². The van der Waals surface area contributed by atoms with Gasteiger partial charge < -0.3 is 15.0 Å². The highest BCUT2D eigenvalue weighted by atomic mass is 127. The predicted octanol–water partition coefficient (Wildman–Crippen LogP) is 4.46. The molecule has 1 atom stereocenters. The Hall–Kier alpha value is -1.35. The van der Waals surface area contributed by atoms with Crippen molar-refractivity contribution >= 4 is 41.3 Å². The molecule has 0 saturated carbocycles. The second-order valence-corrected chi connectivity index (χ2v) is 7.83. The van der Waals surface area contributed by atoms with Gasteiger partial charge in [0.25, 0.3) is 0 Å². The molecule has 1 aliphatic heterocycles. The van der Waals surface area contributed by atoms with E-state index in [2.05, 4.69) is 46.6 Å². The lowest BCUT2D eigenvalue weighted by molar-refractivity contribution is 0.414. The summed E-state index contributed by atoms with van der Waals surface area (Å²) in [6.45, 7) is 7.08. The van der Waals surface area contributed by atoms with Crippen molar-refractivity contribution in [3.63, 3.8) is 0 Å². The fraction of sp³-hybridized carbons (Fsp3) is 0.500. The number of methoxy groups -OCH3 is 1. The summed E-state index contributed by atoms with van der Waals surface area (Å²) >= 11 is 1.73. The number of aromatic nitrogens is 1. The molecule has 0 spiro atoms. The minimum absolute atomic E-state index is 0. The van der Waals surface area contributed by atoms with Crippen LogP contribution in [0.4, 0.5) is 0 Å². The van der Waals surface area contributed by atoms with Gasteiger partial charge in [0, 0.05) is 37.4 Å². The van der Waals surface area contributed by atoms with Crippen LogP contribution in [0.3, 0.4) is 0 Å². The first kappa shape index (κ1) is 21.9. The van der Waals surface area contributed by atoms with Gasteiger partial charge in [-0.3, -0.25) is 4.99 Å². The number of benzene rings is 1. The highest BCUT2D eigenvalue weighted by Crippen LogP contribution is 2.28. The van der Waals surface area contributed by atoms with Crippen LogP contribution in [-0.4, -0.2) is 43.1 Å². The van der Waals surface area contributed by atoms with Crippen LogP contribution in [0.15, 0.2) is 34.6 Å². The van der Waals surface area contributed by atoms with E-state index in [9.17, 15) is 0 Å². The molecule has 5 nitrogen and oxygen atoms in total. The van der Waals surface area contributed by atoms with Gasteiger partial charge in [-0.05, 0) is 24.1 Å². The maximum atomic E-state index is 5.25. The number of likely N-dealkylation sites (tertiary alicyclic amines) is 1. The summed E-state index contributed by atoms with van der Waals surface area (Å²) in [5, 5.41) is 6.80. The third-order valence-electron chi connectivity index (χ3n) is 4.78. The van der Waals surface area contributed by atoms with Crippen LogP contribution in [0.2, 0.25) is 0 Å². The van der Waals surface area contributed by atoms with E-state index < -0.39 is 0 Å². The highest BCUT2D eigenvalue weighted by molar-refractivity contribution is 14.0. The Morgan fingerprint density at radius 1 is 1.37 bits per heavy atom. The number of thiazole rings is 1. The fourth-order valence-electron chi connectivity index (χ4n) is 3.27. The Bertz CT molecular complexity index is 745. The van der Waals surface area contributed by atoms with Crippen LogP contribution in [0, 0.1) is 0 Å². The van der Waals surface area contributed by atoms with E-state index in [0.29, 0.717) is 11.8 Å². The summed E-state index contributed by atoms with van der Waals surface area (Å²) in [6, 6.07) is 8.43. The molecule has 0 amide bonds. The number of rotatable bonds is 5. The first-order valence-corrected chi connectivity index (χ1v) is 10.0. The van der Waals surface area contributed by atoms with Crippen molar-refractivity contribution < 1.29 is 4.74 Å². The molecule has 3 rings (SSSR count). The molecule has 7 heteroatoms. The Labute approximate surface area is 183 Å². The maximum Gasteiger partial charge on any atom is 0.193 e. The smallest absolute Gasteiger partial charge is 0.193 e. The summed E-state index contributed by atoms with van der Waals surface area (Å²) in [5.41, 5.74) is 2.45. The molecule has 0 bridgehead atoms. The summed E-state index contributed by atoms with van der Waals surface area (Å²) in [5.74, 6) is 2.88. The largest absolute Gasteiger partial charge is 0.497 e. The van der Waals surface area contributed by atoms with Gasteiger partial charge in [-0.25, -0.2) is 4.98 Å². The van der Waals surface area contributed by atoms with E-state index in [0.717, 1.165) is 43.5 Å². The van der Waals surface area contributed by atoms with Gasteiger partial charge in [0.1, 0.15) is 5.75 Å². The van der Waals surface area contributed by atoms with Crippen LogP contribution in [0.25, 0.3) is 0 Å². The summed E-state index contributed by atoms with van der Waals surface area (Å²) in [4.78, 5) is 11.5. The average molecular weight is 500 g/mol. The molecule has 148 valence electrons. The number of halogens is 1. The van der Waals surface area contributed by atoms with Crippen molar-refractivity contribution in [1.82, 2.24) is 15.2 Å². The third kappa shape index (κ3) is 5.57. The zero-order chi connectivity index (χ0) is 18.5. The van der Waals surface area contributed by atoms with Crippen LogP contribution in [0.1, 0.15) is 48.4 Å². The minimum Gasteiger partial charge on any atom is -0.497 e. The summed E-state index contributed by atoms with van der Waals surface area (Å²) in [7, 11) is 3.55. The molecular weight excluding hydrogens is 471 g/mol. The molecule has 2 heterocycles. The van der Waals surface area contributed by atoms with E-state index >= 15 is 0 Å². The van der Waals surface area contributed by atoms with Crippen molar-refractivity contribution in [2.45, 2.75) is 38.6 Å². The molecule has 1 saturated heterocycles. The van der Waals surface area contributed by atoms with Crippen molar-refractivity contribution in [2.24, 2.45) is 4.99 Å². The maximum absolute atomic E-state index is 5.25. The molecule has 2 aromatic rings. The zero-order valence-corrected chi connectivity index (χ0v) is 19.6. The molecular formula is C20H29IN4OS. The van der Waals surface area contributed by atoms with Crippen molar-refractivity contribution in [2.75, 3.05) is 27.2 Å². The van der Waals surface area contributed by atoms with E-state index in [1.165, 1.54) is 10.6 Å². The molecule has 1 aromatic heterocycles. The zero-order valence-electron chi connectivity index (χ0n) is 16.4. The van der Waals surface area contributed by atoms with E-state index in [1.54, 1.807) is 18.4 Å². The first-order valence-electron chi connectivity index (χ1n) is 9.14. The van der Waals surface area contributed by atoms with Gasteiger partial charge in [0.05, 0.1) is 24.4 Å². The number of hydrogen-bond donors (Lipinski definition) is 1. The lowest BCUT2D eigenvalue weighted by atomic mass is 9.98. The van der Waals surface area contributed by atoms with E-state index in [4.69, 9.17) is 9.72 Å². The highest BCUT2D eigenvalue weighted by Gasteiger charge is 2.26. The fourth-order valence-corrected chi connectivity index (χ4v) is 4.11. The van der Waals surface area contributed by atoms with E-state index in [-0.39, 0.29) is 24.0 Å². The molecule has 1 fully saturated rings. The Morgan fingerprint density at radius 3 is 2.70 bits per heavy atom. The van der Waals surface area contributed by atoms with Gasteiger partial charge in [0.2, 0.25) is 0 Å². The van der Waals surface area contributed by atoms with Crippen molar-refractivity contribution in [3.05, 3.63) is 45.9 Å². The van der Waals surface area contributed by atoms with Crippen LogP contribution >= 0.6 is 35.3 Å². The third-order valence-corrected chi connectivity index (χ3v) is 5.97. The van der Waals surface area contributed by atoms with Gasteiger partial charge in [0.15, 0.2) is 5.96 Å². The molecule has 0 radical (unpaired) electrons. The second-order valence-electron chi connectivity index (χ2n) is 6.94.